The summed E-state index contributed by atoms with van der Waals surface area (Å²) in [6, 6.07) is 18.7. The molecule has 1 N–H and O–H groups in total. The van der Waals surface area contributed by atoms with Crippen molar-refractivity contribution >= 4 is 50.7 Å². The second-order valence-corrected chi connectivity index (χ2v) is 12.0. The highest BCUT2D eigenvalue weighted by molar-refractivity contribution is 7.92. The van der Waals surface area contributed by atoms with E-state index in [4.69, 9.17) is 23.2 Å². The Kier molecular flexibility index (Phi) is 10.8. The number of halogens is 2. The number of aryl methyl sites for hydroxylation is 1. The van der Waals surface area contributed by atoms with Crippen LogP contribution in [0.4, 0.5) is 5.69 Å². The predicted octanol–water partition coefficient (Wildman–Crippen LogP) is 5.83. The molecule has 0 saturated heterocycles. The van der Waals surface area contributed by atoms with Crippen LogP contribution in [-0.4, -0.2) is 44.3 Å². The molecule has 3 aromatic rings. The van der Waals surface area contributed by atoms with Gasteiger partial charge in [0.1, 0.15) is 12.6 Å². The lowest BCUT2D eigenvalue weighted by atomic mass is 10.1. The summed E-state index contributed by atoms with van der Waals surface area (Å²) in [4.78, 5) is 28.3. The van der Waals surface area contributed by atoms with Crippen molar-refractivity contribution in [1.82, 2.24) is 10.2 Å². The molecular formula is C29H33Cl2N3O4S. The summed E-state index contributed by atoms with van der Waals surface area (Å²) >= 11 is 12.2. The molecule has 0 radical (unpaired) electrons. The van der Waals surface area contributed by atoms with Gasteiger partial charge in [0, 0.05) is 23.1 Å². The van der Waals surface area contributed by atoms with Gasteiger partial charge in [-0.25, -0.2) is 8.42 Å². The van der Waals surface area contributed by atoms with E-state index in [9.17, 15) is 18.0 Å². The second kappa shape index (κ2) is 13.8. The smallest absolute Gasteiger partial charge is 0.264 e. The van der Waals surface area contributed by atoms with Gasteiger partial charge >= 0.3 is 0 Å². The number of carbonyl (C=O) groups excluding carboxylic acids is 2. The Labute approximate surface area is 240 Å². The van der Waals surface area contributed by atoms with Crippen LogP contribution in [0.5, 0.6) is 0 Å². The standard InChI is InChI=1S/C29H33Cl2N3O4S/c1-4-5-17-32-29(36)22(3)33(19-23-7-6-8-25(31)18-23)28(35)20-34(26-13-11-24(30)12-14-26)39(37,38)27-15-9-21(2)10-16-27/h6-16,18,22H,4-5,17,19-20H2,1-3H3,(H,32,36)/t22-/m1/s1. The van der Waals surface area contributed by atoms with Crippen molar-refractivity contribution in [3.8, 4) is 0 Å². The van der Waals surface area contributed by atoms with Crippen molar-refractivity contribution in [1.29, 1.82) is 0 Å². The average molecular weight is 591 g/mol. The molecule has 0 spiro atoms. The molecule has 10 heteroatoms. The number of carbonyl (C=O) groups is 2. The first-order chi connectivity index (χ1) is 18.5. The summed E-state index contributed by atoms with van der Waals surface area (Å²) in [5.41, 5.74) is 1.89. The van der Waals surface area contributed by atoms with Crippen molar-refractivity contribution in [2.24, 2.45) is 0 Å². The van der Waals surface area contributed by atoms with Crippen LogP contribution in [0.2, 0.25) is 10.0 Å². The largest absolute Gasteiger partial charge is 0.354 e. The van der Waals surface area contributed by atoms with Crippen LogP contribution < -0.4 is 9.62 Å². The van der Waals surface area contributed by atoms with Crippen LogP contribution in [0, 0.1) is 6.92 Å². The fourth-order valence-electron chi connectivity index (χ4n) is 3.92. The number of nitrogens with zero attached hydrogens (tertiary/aromatic N) is 2. The molecule has 0 bridgehead atoms. The van der Waals surface area contributed by atoms with Crippen LogP contribution in [0.25, 0.3) is 0 Å². The molecule has 3 rings (SSSR count). The van der Waals surface area contributed by atoms with E-state index in [-0.39, 0.29) is 23.0 Å². The quantitative estimate of drug-likeness (QED) is 0.269. The Balaban J connectivity index is 1.99. The number of benzene rings is 3. The molecular weight excluding hydrogens is 557 g/mol. The Morgan fingerprint density at radius 2 is 1.62 bits per heavy atom. The monoisotopic (exact) mass is 589 g/mol. The van der Waals surface area contributed by atoms with Crippen LogP contribution in [0.1, 0.15) is 37.8 Å². The first kappa shape index (κ1) is 30.5. The van der Waals surface area contributed by atoms with Crippen LogP contribution in [0.15, 0.2) is 77.7 Å². The molecule has 0 unspecified atom stereocenters. The zero-order valence-electron chi connectivity index (χ0n) is 22.2. The lowest BCUT2D eigenvalue weighted by Gasteiger charge is -2.32. The number of hydrogen-bond acceptors (Lipinski definition) is 4. The minimum atomic E-state index is -4.13. The molecule has 208 valence electrons. The summed E-state index contributed by atoms with van der Waals surface area (Å²) < 4.78 is 28.6. The molecule has 39 heavy (non-hydrogen) atoms. The van der Waals surface area contributed by atoms with Crippen molar-refractivity contribution in [3.63, 3.8) is 0 Å². The number of amides is 2. The first-order valence-corrected chi connectivity index (χ1v) is 14.9. The van der Waals surface area contributed by atoms with E-state index >= 15 is 0 Å². The Morgan fingerprint density at radius 3 is 2.23 bits per heavy atom. The molecule has 0 aromatic heterocycles. The molecule has 1 atom stereocenters. The summed E-state index contributed by atoms with van der Waals surface area (Å²) in [5, 5.41) is 3.78. The second-order valence-electron chi connectivity index (χ2n) is 9.27. The van der Waals surface area contributed by atoms with E-state index in [0.29, 0.717) is 22.2 Å². The highest BCUT2D eigenvalue weighted by Gasteiger charge is 2.32. The normalized spacial score (nSPS) is 12.0. The van der Waals surface area contributed by atoms with Gasteiger partial charge in [0.25, 0.3) is 10.0 Å². The summed E-state index contributed by atoms with van der Waals surface area (Å²) in [5.74, 6) is -0.864. The van der Waals surface area contributed by atoms with E-state index in [1.54, 1.807) is 67.6 Å². The highest BCUT2D eigenvalue weighted by atomic mass is 35.5. The van der Waals surface area contributed by atoms with Crippen LogP contribution in [-0.2, 0) is 26.2 Å². The first-order valence-electron chi connectivity index (χ1n) is 12.7. The maximum atomic E-state index is 13.9. The van der Waals surface area contributed by atoms with Crippen molar-refractivity contribution in [2.75, 3.05) is 17.4 Å². The molecule has 3 aromatic carbocycles. The number of unbranched alkanes of at least 4 members (excludes halogenated alkanes) is 1. The number of anilines is 1. The predicted molar refractivity (Wildman–Crippen MR) is 157 cm³/mol. The summed E-state index contributed by atoms with van der Waals surface area (Å²) in [6.07, 6.45) is 1.71. The fraction of sp³-hybridized carbons (Fsp3) is 0.310. The third-order valence-corrected chi connectivity index (χ3v) is 8.52. The van der Waals surface area contributed by atoms with Crippen molar-refractivity contribution < 1.29 is 18.0 Å². The minimum Gasteiger partial charge on any atom is -0.354 e. The van der Waals surface area contributed by atoms with E-state index in [1.807, 2.05) is 13.8 Å². The van der Waals surface area contributed by atoms with E-state index in [1.165, 1.54) is 17.0 Å². The van der Waals surface area contributed by atoms with E-state index in [2.05, 4.69) is 5.32 Å². The van der Waals surface area contributed by atoms with Crippen LogP contribution in [0.3, 0.4) is 0 Å². The van der Waals surface area contributed by atoms with Crippen molar-refractivity contribution in [3.05, 3.63) is 94.0 Å². The number of nitrogens with one attached hydrogen (secondary N) is 1. The number of rotatable bonds is 12. The van der Waals surface area contributed by atoms with E-state index < -0.39 is 28.5 Å². The maximum absolute atomic E-state index is 13.9. The molecule has 0 heterocycles. The van der Waals surface area contributed by atoms with Gasteiger partial charge in [0.15, 0.2) is 0 Å². The SMILES string of the molecule is CCCCNC(=O)[C@@H](C)N(Cc1cccc(Cl)c1)C(=O)CN(c1ccc(Cl)cc1)S(=O)(=O)c1ccc(C)cc1. The molecule has 0 aliphatic carbocycles. The zero-order valence-corrected chi connectivity index (χ0v) is 24.6. The van der Waals surface area contributed by atoms with Gasteiger partial charge in [-0.05, 0) is 74.4 Å². The minimum absolute atomic E-state index is 0.0441. The van der Waals surface area contributed by atoms with Gasteiger partial charge in [-0.2, -0.15) is 0 Å². The lowest BCUT2D eigenvalue weighted by Crippen LogP contribution is -2.51. The van der Waals surface area contributed by atoms with Crippen molar-refractivity contribution in [2.45, 2.75) is 51.1 Å². The molecule has 0 saturated carbocycles. The Morgan fingerprint density at radius 1 is 0.949 bits per heavy atom. The van der Waals surface area contributed by atoms with Gasteiger partial charge in [-0.1, -0.05) is 66.4 Å². The summed E-state index contributed by atoms with van der Waals surface area (Å²) in [7, 11) is -4.13. The van der Waals surface area contributed by atoms with Gasteiger partial charge < -0.3 is 10.2 Å². The van der Waals surface area contributed by atoms with Gasteiger partial charge in [-0.15, -0.1) is 0 Å². The maximum Gasteiger partial charge on any atom is 0.264 e. The van der Waals surface area contributed by atoms with Crippen LogP contribution >= 0.6 is 23.2 Å². The number of sulfonamides is 1. The third kappa shape index (κ3) is 8.21. The Hall–Kier alpha value is -3.07. The molecule has 0 aliphatic heterocycles. The number of hydrogen-bond donors (Lipinski definition) is 1. The lowest BCUT2D eigenvalue weighted by molar-refractivity contribution is -0.139. The molecule has 2 amide bonds. The summed E-state index contributed by atoms with van der Waals surface area (Å²) in [6.45, 7) is 5.54. The molecule has 0 aliphatic rings. The zero-order chi connectivity index (χ0) is 28.6. The average Bonchev–Trinajstić information content (AvgIpc) is 2.90. The van der Waals surface area contributed by atoms with Gasteiger partial charge in [0.2, 0.25) is 11.8 Å². The third-order valence-electron chi connectivity index (χ3n) is 6.24. The highest BCUT2D eigenvalue weighted by Crippen LogP contribution is 2.26. The molecule has 0 fully saturated rings. The fourth-order valence-corrected chi connectivity index (χ4v) is 5.68. The molecule has 7 nitrogen and oxygen atoms in total. The van der Waals surface area contributed by atoms with Gasteiger partial charge in [-0.3, -0.25) is 13.9 Å². The Bertz CT molecular complexity index is 1380. The van der Waals surface area contributed by atoms with E-state index in [0.717, 1.165) is 22.7 Å². The van der Waals surface area contributed by atoms with Gasteiger partial charge in [0.05, 0.1) is 10.6 Å². The topological polar surface area (TPSA) is 86.8 Å².